The molecule has 0 amide bonds. The van der Waals surface area contributed by atoms with Crippen LogP contribution in [0.25, 0.3) is 0 Å². The summed E-state index contributed by atoms with van der Waals surface area (Å²) < 4.78 is 29.3. The minimum atomic E-state index is -3.28. The van der Waals surface area contributed by atoms with Crippen molar-refractivity contribution in [1.29, 1.82) is 0 Å². The van der Waals surface area contributed by atoms with Gasteiger partial charge in [-0.05, 0) is 37.6 Å². The van der Waals surface area contributed by atoms with Crippen molar-refractivity contribution in [3.05, 3.63) is 0 Å². The van der Waals surface area contributed by atoms with E-state index in [2.05, 4.69) is 30.8 Å². The van der Waals surface area contributed by atoms with Crippen LogP contribution in [-0.4, -0.2) is 44.4 Å². The molecule has 0 aromatic rings. The van der Waals surface area contributed by atoms with E-state index in [4.69, 9.17) is 0 Å². The highest BCUT2D eigenvalue weighted by Gasteiger charge is 2.40. The van der Waals surface area contributed by atoms with Crippen LogP contribution in [0.15, 0.2) is 0 Å². The van der Waals surface area contributed by atoms with Crippen LogP contribution in [0, 0.1) is 11.8 Å². The number of rotatable bonds is 7. The zero-order chi connectivity index (χ0) is 14.8. The third-order valence-corrected chi connectivity index (χ3v) is 6.00. The van der Waals surface area contributed by atoms with Crippen LogP contribution >= 0.6 is 0 Å². The Balaban J connectivity index is 1.84. The lowest BCUT2D eigenvalue weighted by Gasteiger charge is -2.32. The van der Waals surface area contributed by atoms with Crippen LogP contribution in [0.1, 0.15) is 46.5 Å². The summed E-state index contributed by atoms with van der Waals surface area (Å²) >= 11 is 0. The molecule has 1 aliphatic heterocycles. The molecular weight excluding hydrogens is 274 g/mol. The Bertz CT molecular complexity index is 411. The van der Waals surface area contributed by atoms with E-state index in [9.17, 15) is 8.42 Å². The fourth-order valence-corrected chi connectivity index (χ4v) is 4.52. The molecule has 0 aromatic carbocycles. The molecule has 118 valence electrons. The number of piperidine rings is 1. The Morgan fingerprint density at radius 3 is 2.70 bits per heavy atom. The van der Waals surface area contributed by atoms with E-state index < -0.39 is 10.2 Å². The summed E-state index contributed by atoms with van der Waals surface area (Å²) in [6.07, 6.45) is 4.15. The molecule has 0 spiro atoms. The van der Waals surface area contributed by atoms with Gasteiger partial charge < -0.3 is 5.32 Å². The first kappa shape index (κ1) is 16.2. The van der Waals surface area contributed by atoms with Gasteiger partial charge in [0.05, 0.1) is 0 Å². The zero-order valence-electron chi connectivity index (χ0n) is 12.9. The largest absolute Gasteiger partial charge is 0.314 e. The van der Waals surface area contributed by atoms with Gasteiger partial charge in [0.2, 0.25) is 0 Å². The molecule has 0 radical (unpaired) electrons. The van der Waals surface area contributed by atoms with Crippen LogP contribution in [0.4, 0.5) is 0 Å². The SMILES string of the molecule is CCC1CC1NS(=O)(=O)N1CCCC(CNC(C)C)C1. The molecule has 2 N–H and O–H groups in total. The van der Waals surface area contributed by atoms with Crippen molar-refractivity contribution in [2.75, 3.05) is 19.6 Å². The minimum Gasteiger partial charge on any atom is -0.314 e. The molecule has 0 bridgehead atoms. The minimum absolute atomic E-state index is 0.180. The Hall–Kier alpha value is -0.170. The highest BCUT2D eigenvalue weighted by atomic mass is 32.2. The Morgan fingerprint density at radius 1 is 1.35 bits per heavy atom. The van der Waals surface area contributed by atoms with Gasteiger partial charge >= 0.3 is 0 Å². The van der Waals surface area contributed by atoms with Crippen molar-refractivity contribution in [3.8, 4) is 0 Å². The highest BCUT2D eigenvalue weighted by molar-refractivity contribution is 7.87. The van der Waals surface area contributed by atoms with E-state index in [1.54, 1.807) is 4.31 Å². The number of hydrogen-bond acceptors (Lipinski definition) is 3. The average molecular weight is 303 g/mol. The molecule has 5 nitrogen and oxygen atoms in total. The monoisotopic (exact) mass is 303 g/mol. The summed E-state index contributed by atoms with van der Waals surface area (Å²) in [5.41, 5.74) is 0. The molecule has 3 atom stereocenters. The number of hydrogen-bond donors (Lipinski definition) is 2. The maximum Gasteiger partial charge on any atom is 0.279 e. The van der Waals surface area contributed by atoms with Crippen LogP contribution in [-0.2, 0) is 10.2 Å². The van der Waals surface area contributed by atoms with Crippen molar-refractivity contribution in [1.82, 2.24) is 14.3 Å². The second kappa shape index (κ2) is 6.73. The van der Waals surface area contributed by atoms with Gasteiger partial charge in [0, 0.05) is 25.2 Å². The zero-order valence-corrected chi connectivity index (χ0v) is 13.7. The van der Waals surface area contributed by atoms with E-state index >= 15 is 0 Å². The smallest absolute Gasteiger partial charge is 0.279 e. The van der Waals surface area contributed by atoms with Crippen LogP contribution in [0.5, 0.6) is 0 Å². The summed E-state index contributed by atoms with van der Waals surface area (Å²) in [4.78, 5) is 0. The van der Waals surface area contributed by atoms with Gasteiger partial charge in [0.25, 0.3) is 10.2 Å². The summed E-state index contributed by atoms with van der Waals surface area (Å²) in [7, 11) is -3.28. The second-order valence-corrected chi connectivity index (χ2v) is 8.26. The van der Waals surface area contributed by atoms with Gasteiger partial charge in [-0.2, -0.15) is 17.4 Å². The van der Waals surface area contributed by atoms with E-state index in [-0.39, 0.29) is 6.04 Å². The molecule has 2 aliphatic rings. The van der Waals surface area contributed by atoms with Crippen molar-refractivity contribution in [2.24, 2.45) is 11.8 Å². The summed E-state index contributed by atoms with van der Waals surface area (Å²) in [5.74, 6) is 0.983. The first-order valence-electron chi connectivity index (χ1n) is 7.93. The third-order valence-electron chi connectivity index (χ3n) is 4.38. The molecule has 1 saturated carbocycles. The summed E-state index contributed by atoms with van der Waals surface area (Å²) in [6.45, 7) is 8.58. The Labute approximate surface area is 123 Å². The van der Waals surface area contributed by atoms with Crippen molar-refractivity contribution in [2.45, 2.75) is 58.5 Å². The van der Waals surface area contributed by atoms with Crippen molar-refractivity contribution < 1.29 is 8.42 Å². The Kier molecular flexibility index (Phi) is 5.45. The van der Waals surface area contributed by atoms with Crippen molar-refractivity contribution in [3.63, 3.8) is 0 Å². The number of nitrogens with one attached hydrogen (secondary N) is 2. The maximum absolute atomic E-state index is 12.4. The standard InChI is InChI=1S/C14H29N3O2S/c1-4-13-8-14(13)16-20(18,19)17-7-5-6-12(10-17)9-15-11(2)3/h11-16H,4-10H2,1-3H3. The lowest BCUT2D eigenvalue weighted by Crippen LogP contribution is -2.48. The first-order chi connectivity index (χ1) is 9.42. The topological polar surface area (TPSA) is 61.4 Å². The summed E-state index contributed by atoms with van der Waals surface area (Å²) in [5, 5.41) is 3.41. The molecule has 2 rings (SSSR count). The lowest BCUT2D eigenvalue weighted by atomic mass is 9.99. The maximum atomic E-state index is 12.4. The van der Waals surface area contributed by atoms with E-state index in [0.29, 0.717) is 31.0 Å². The predicted molar refractivity (Wildman–Crippen MR) is 81.7 cm³/mol. The normalized spacial score (nSPS) is 31.7. The molecule has 1 aliphatic carbocycles. The van der Waals surface area contributed by atoms with E-state index in [1.165, 1.54) is 0 Å². The van der Waals surface area contributed by atoms with Crippen LogP contribution in [0.2, 0.25) is 0 Å². The predicted octanol–water partition coefficient (Wildman–Crippen LogP) is 1.33. The van der Waals surface area contributed by atoms with Crippen LogP contribution < -0.4 is 10.0 Å². The average Bonchev–Trinajstić information content (AvgIpc) is 3.14. The van der Waals surface area contributed by atoms with Gasteiger partial charge in [-0.3, -0.25) is 0 Å². The quantitative estimate of drug-likeness (QED) is 0.746. The van der Waals surface area contributed by atoms with Gasteiger partial charge in [0.15, 0.2) is 0 Å². The molecule has 3 unspecified atom stereocenters. The summed E-state index contributed by atoms with van der Waals surface area (Å²) in [6, 6.07) is 0.635. The first-order valence-corrected chi connectivity index (χ1v) is 9.37. The van der Waals surface area contributed by atoms with Gasteiger partial charge in [-0.15, -0.1) is 0 Å². The molecule has 20 heavy (non-hydrogen) atoms. The highest BCUT2D eigenvalue weighted by Crippen LogP contribution is 2.34. The second-order valence-electron chi connectivity index (χ2n) is 6.56. The molecule has 6 heteroatoms. The molecule has 0 aromatic heterocycles. The molecular formula is C14H29N3O2S. The fourth-order valence-electron chi connectivity index (χ4n) is 2.92. The van der Waals surface area contributed by atoms with Gasteiger partial charge in [-0.25, -0.2) is 0 Å². The van der Waals surface area contributed by atoms with Crippen molar-refractivity contribution >= 4 is 10.2 Å². The van der Waals surface area contributed by atoms with Gasteiger partial charge in [-0.1, -0.05) is 27.2 Å². The molecule has 1 heterocycles. The van der Waals surface area contributed by atoms with Crippen LogP contribution in [0.3, 0.4) is 0 Å². The van der Waals surface area contributed by atoms with E-state index in [1.807, 2.05) is 0 Å². The lowest BCUT2D eigenvalue weighted by molar-refractivity contribution is 0.254. The van der Waals surface area contributed by atoms with Gasteiger partial charge in [0.1, 0.15) is 0 Å². The molecule has 1 saturated heterocycles. The molecule has 2 fully saturated rings. The fraction of sp³-hybridized carbons (Fsp3) is 1.00. The Morgan fingerprint density at radius 2 is 2.10 bits per heavy atom. The van der Waals surface area contributed by atoms with E-state index in [0.717, 1.165) is 32.2 Å². The number of nitrogens with zero attached hydrogens (tertiary/aromatic N) is 1. The third kappa shape index (κ3) is 4.41.